The standard InChI is InChI=1S/C39H58O4/c1-3-5-7-8-9-10-11-12-13-15-31-41-36-25-23-35(24-26-36)39(40)43-38-29-27-37(28-30-38)42-32-16-18-34-21-19-33(20-22-34)17-14-6-4-2/h3,23-30,33-34H,1,4-22,31-32H2,2H3/t33-,34-. The monoisotopic (exact) mass is 590 g/mol. The molecule has 0 bridgehead atoms. The van der Waals surface area contributed by atoms with Crippen molar-refractivity contribution in [3.05, 3.63) is 66.7 Å². The summed E-state index contributed by atoms with van der Waals surface area (Å²) in [6.07, 6.45) is 26.8. The zero-order valence-electron chi connectivity index (χ0n) is 27.0. The predicted octanol–water partition coefficient (Wildman–Crippen LogP) is 11.5. The van der Waals surface area contributed by atoms with Crippen LogP contribution in [0.4, 0.5) is 0 Å². The summed E-state index contributed by atoms with van der Waals surface area (Å²) in [5.74, 6) is 3.60. The summed E-state index contributed by atoms with van der Waals surface area (Å²) in [6.45, 7) is 7.51. The minimum absolute atomic E-state index is 0.371. The highest BCUT2D eigenvalue weighted by molar-refractivity contribution is 5.91. The van der Waals surface area contributed by atoms with E-state index in [1.165, 1.54) is 103 Å². The van der Waals surface area contributed by atoms with Crippen molar-refractivity contribution in [1.29, 1.82) is 0 Å². The first-order valence-corrected chi connectivity index (χ1v) is 17.5. The smallest absolute Gasteiger partial charge is 0.343 e. The highest BCUT2D eigenvalue weighted by Crippen LogP contribution is 2.34. The van der Waals surface area contributed by atoms with E-state index in [0.717, 1.165) is 49.2 Å². The SMILES string of the molecule is C=CCCCCCCCCCCOc1ccc(C(=O)Oc2ccc(OCCC[C@H]3CC[C@H](CCCCC)CC3)cc2)cc1. The summed E-state index contributed by atoms with van der Waals surface area (Å²) in [4.78, 5) is 12.6. The maximum atomic E-state index is 12.6. The zero-order valence-corrected chi connectivity index (χ0v) is 27.0. The summed E-state index contributed by atoms with van der Waals surface area (Å²) in [5, 5.41) is 0. The molecule has 238 valence electrons. The molecule has 0 atom stereocenters. The van der Waals surface area contributed by atoms with Crippen molar-refractivity contribution >= 4 is 5.97 Å². The lowest BCUT2D eigenvalue weighted by atomic mass is 9.78. The fourth-order valence-electron chi connectivity index (χ4n) is 6.15. The van der Waals surface area contributed by atoms with Crippen LogP contribution in [0, 0.1) is 11.8 Å². The summed E-state index contributed by atoms with van der Waals surface area (Å²) in [7, 11) is 0. The maximum absolute atomic E-state index is 12.6. The highest BCUT2D eigenvalue weighted by Gasteiger charge is 2.20. The van der Waals surface area contributed by atoms with Crippen molar-refractivity contribution in [2.24, 2.45) is 11.8 Å². The molecule has 1 aliphatic rings. The van der Waals surface area contributed by atoms with Gasteiger partial charge in [-0.1, -0.05) is 103 Å². The van der Waals surface area contributed by atoms with Crippen molar-refractivity contribution in [2.45, 2.75) is 129 Å². The third-order valence-electron chi connectivity index (χ3n) is 8.90. The van der Waals surface area contributed by atoms with Gasteiger partial charge in [0.2, 0.25) is 0 Å². The van der Waals surface area contributed by atoms with Gasteiger partial charge in [0.1, 0.15) is 17.2 Å². The summed E-state index contributed by atoms with van der Waals surface area (Å²) in [5.41, 5.74) is 0.510. The van der Waals surface area contributed by atoms with E-state index in [9.17, 15) is 4.79 Å². The highest BCUT2D eigenvalue weighted by atomic mass is 16.5. The van der Waals surface area contributed by atoms with Gasteiger partial charge >= 0.3 is 5.97 Å². The number of unbranched alkanes of at least 4 members (excludes halogenated alkanes) is 10. The summed E-state index contributed by atoms with van der Waals surface area (Å²) >= 11 is 0. The number of esters is 1. The van der Waals surface area contributed by atoms with E-state index in [-0.39, 0.29) is 5.97 Å². The molecular weight excluding hydrogens is 532 g/mol. The third-order valence-corrected chi connectivity index (χ3v) is 8.90. The van der Waals surface area contributed by atoms with E-state index in [2.05, 4.69) is 13.5 Å². The molecule has 0 saturated heterocycles. The third kappa shape index (κ3) is 15.0. The molecule has 0 aliphatic heterocycles. The molecule has 1 aliphatic carbocycles. The second kappa shape index (κ2) is 21.9. The number of allylic oxidation sites excluding steroid dienone is 1. The van der Waals surface area contributed by atoms with E-state index in [0.29, 0.717) is 17.9 Å². The van der Waals surface area contributed by atoms with Gasteiger partial charge < -0.3 is 14.2 Å². The number of ether oxygens (including phenoxy) is 3. The van der Waals surface area contributed by atoms with Crippen molar-refractivity contribution in [3.8, 4) is 17.2 Å². The molecule has 2 aromatic carbocycles. The van der Waals surface area contributed by atoms with Gasteiger partial charge in [-0.3, -0.25) is 0 Å². The van der Waals surface area contributed by atoms with Crippen LogP contribution in [-0.2, 0) is 0 Å². The second-order valence-corrected chi connectivity index (χ2v) is 12.5. The number of benzene rings is 2. The van der Waals surface area contributed by atoms with Gasteiger partial charge in [0.25, 0.3) is 0 Å². The van der Waals surface area contributed by atoms with Gasteiger partial charge in [0.05, 0.1) is 18.8 Å². The molecule has 4 heteroatoms. The molecule has 0 heterocycles. The molecule has 1 saturated carbocycles. The Hall–Kier alpha value is -2.75. The molecule has 43 heavy (non-hydrogen) atoms. The maximum Gasteiger partial charge on any atom is 0.343 e. The molecule has 0 spiro atoms. The van der Waals surface area contributed by atoms with Crippen LogP contribution in [0.25, 0.3) is 0 Å². The molecule has 0 N–H and O–H groups in total. The van der Waals surface area contributed by atoms with Crippen LogP contribution in [0.5, 0.6) is 17.2 Å². The van der Waals surface area contributed by atoms with Crippen LogP contribution < -0.4 is 14.2 Å². The lowest BCUT2D eigenvalue weighted by molar-refractivity contribution is 0.0734. The minimum atomic E-state index is -0.371. The van der Waals surface area contributed by atoms with Crippen molar-refractivity contribution in [1.82, 2.24) is 0 Å². The molecule has 1 fully saturated rings. The van der Waals surface area contributed by atoms with Crippen LogP contribution in [0.1, 0.15) is 139 Å². The molecular formula is C39H58O4. The topological polar surface area (TPSA) is 44.8 Å². The minimum Gasteiger partial charge on any atom is -0.494 e. The second-order valence-electron chi connectivity index (χ2n) is 12.5. The lowest BCUT2D eigenvalue weighted by Gasteiger charge is -2.28. The van der Waals surface area contributed by atoms with Gasteiger partial charge in [-0.25, -0.2) is 4.79 Å². The Morgan fingerprint density at radius 2 is 1.14 bits per heavy atom. The first-order chi connectivity index (χ1) is 21.2. The average Bonchev–Trinajstić information content (AvgIpc) is 3.04. The molecule has 3 rings (SSSR count). The first kappa shape index (κ1) is 34.7. The van der Waals surface area contributed by atoms with Gasteiger partial charge in [0, 0.05) is 0 Å². The first-order valence-electron chi connectivity index (χ1n) is 17.5. The summed E-state index contributed by atoms with van der Waals surface area (Å²) < 4.78 is 17.4. The number of carbonyl (C=O) groups excluding carboxylic acids is 1. The van der Waals surface area contributed by atoms with Crippen molar-refractivity contribution in [2.75, 3.05) is 13.2 Å². The van der Waals surface area contributed by atoms with Gasteiger partial charge in [-0.2, -0.15) is 0 Å². The average molecular weight is 591 g/mol. The summed E-state index contributed by atoms with van der Waals surface area (Å²) in [6, 6.07) is 14.6. The Morgan fingerprint density at radius 1 is 0.651 bits per heavy atom. The van der Waals surface area contributed by atoms with E-state index in [1.807, 2.05) is 30.3 Å². The Balaban J connectivity index is 1.23. The Morgan fingerprint density at radius 3 is 1.72 bits per heavy atom. The van der Waals surface area contributed by atoms with Gasteiger partial charge in [-0.15, -0.1) is 6.58 Å². The molecule has 2 aromatic rings. The normalized spacial score (nSPS) is 16.5. The molecule has 0 unspecified atom stereocenters. The lowest BCUT2D eigenvalue weighted by Crippen LogP contribution is -2.15. The quantitative estimate of drug-likeness (QED) is 0.0559. The van der Waals surface area contributed by atoms with E-state index >= 15 is 0 Å². The van der Waals surface area contributed by atoms with Crippen LogP contribution >= 0.6 is 0 Å². The number of rotatable bonds is 23. The van der Waals surface area contributed by atoms with Crippen LogP contribution in [-0.4, -0.2) is 19.2 Å². The fourth-order valence-corrected chi connectivity index (χ4v) is 6.15. The Bertz CT molecular complexity index is 989. The Labute approximate surface area is 262 Å². The van der Waals surface area contributed by atoms with Crippen molar-refractivity contribution < 1.29 is 19.0 Å². The zero-order chi connectivity index (χ0) is 30.4. The largest absolute Gasteiger partial charge is 0.494 e. The molecule has 0 radical (unpaired) electrons. The fraction of sp³-hybridized carbons (Fsp3) is 0.615. The number of hydrogen-bond acceptors (Lipinski definition) is 4. The number of hydrogen-bond donors (Lipinski definition) is 0. The molecule has 0 amide bonds. The molecule has 0 aromatic heterocycles. The van der Waals surface area contributed by atoms with E-state index in [4.69, 9.17) is 14.2 Å². The van der Waals surface area contributed by atoms with Crippen LogP contribution in [0.15, 0.2) is 61.2 Å². The van der Waals surface area contributed by atoms with E-state index in [1.54, 1.807) is 24.3 Å². The van der Waals surface area contributed by atoms with Gasteiger partial charge in [0.15, 0.2) is 0 Å². The number of carbonyl (C=O) groups is 1. The van der Waals surface area contributed by atoms with E-state index < -0.39 is 0 Å². The molecule has 4 nitrogen and oxygen atoms in total. The van der Waals surface area contributed by atoms with Crippen LogP contribution in [0.2, 0.25) is 0 Å². The predicted molar refractivity (Wildman–Crippen MR) is 179 cm³/mol. The van der Waals surface area contributed by atoms with Crippen LogP contribution in [0.3, 0.4) is 0 Å². The Kier molecular flexibility index (Phi) is 17.7. The van der Waals surface area contributed by atoms with Crippen molar-refractivity contribution in [3.63, 3.8) is 0 Å². The van der Waals surface area contributed by atoms with Gasteiger partial charge in [-0.05, 0) is 92.5 Å².